The molecule has 8 heteroatoms. The van der Waals surface area contributed by atoms with Gasteiger partial charge in [0.15, 0.2) is 17.5 Å². The number of rotatable bonds is 4. The van der Waals surface area contributed by atoms with Crippen LogP contribution in [0.4, 0.5) is 0 Å². The molecule has 1 aromatic heterocycles. The van der Waals surface area contributed by atoms with Crippen LogP contribution < -0.4 is 20.1 Å². The minimum Gasteiger partial charge on any atom is -0.486 e. The molecule has 0 saturated heterocycles. The number of guanidine groups is 1. The smallest absolute Gasteiger partial charge is 0.191 e. The molecule has 1 aliphatic heterocycles. The third-order valence-corrected chi connectivity index (χ3v) is 4.78. The molecule has 136 valence electrons. The molecule has 1 atom stereocenters. The number of halogens is 1. The van der Waals surface area contributed by atoms with Crippen molar-refractivity contribution < 1.29 is 9.47 Å². The molecule has 0 amide bonds. The fourth-order valence-corrected chi connectivity index (χ4v) is 3.37. The van der Waals surface area contributed by atoms with Gasteiger partial charge in [-0.15, -0.1) is 35.3 Å². The number of aliphatic imine (C=N–C) groups is 1. The van der Waals surface area contributed by atoms with E-state index in [9.17, 15) is 0 Å². The van der Waals surface area contributed by atoms with Crippen LogP contribution >= 0.6 is 35.3 Å². The first-order valence-corrected chi connectivity index (χ1v) is 8.73. The molecule has 1 aliphatic rings. The minimum absolute atomic E-state index is 0. The highest BCUT2D eigenvalue weighted by atomic mass is 127. The van der Waals surface area contributed by atoms with E-state index in [-0.39, 0.29) is 30.1 Å². The zero-order valence-corrected chi connectivity index (χ0v) is 17.7. The second-order valence-electron chi connectivity index (χ2n) is 5.55. The van der Waals surface area contributed by atoms with Crippen molar-refractivity contribution in [3.63, 3.8) is 0 Å². The summed E-state index contributed by atoms with van der Waals surface area (Å²) in [7, 11) is 1.76. The van der Waals surface area contributed by atoms with Gasteiger partial charge in [-0.1, -0.05) is 12.1 Å². The molecule has 2 heterocycles. The largest absolute Gasteiger partial charge is 0.486 e. The summed E-state index contributed by atoms with van der Waals surface area (Å²) in [4.78, 5) is 9.91. The molecule has 0 bridgehead atoms. The average molecular weight is 474 g/mol. The summed E-state index contributed by atoms with van der Waals surface area (Å²) >= 11 is 1.70. The SMILES string of the molecule is CN=C(NCc1sc(C)nc1C)NCC1COc2ccccc2O1.I. The van der Waals surface area contributed by atoms with Crippen molar-refractivity contribution in [2.75, 3.05) is 20.2 Å². The third kappa shape index (κ3) is 5.21. The molecule has 1 aromatic carbocycles. The van der Waals surface area contributed by atoms with E-state index in [0.29, 0.717) is 19.7 Å². The number of thiazole rings is 1. The lowest BCUT2D eigenvalue weighted by atomic mass is 10.2. The number of aryl methyl sites for hydroxylation is 2. The van der Waals surface area contributed by atoms with Gasteiger partial charge in [-0.25, -0.2) is 4.98 Å². The number of fused-ring (bicyclic) bond motifs is 1. The fraction of sp³-hybridized carbons (Fsp3) is 0.412. The highest BCUT2D eigenvalue weighted by Crippen LogP contribution is 2.30. The van der Waals surface area contributed by atoms with Gasteiger partial charge in [-0.2, -0.15) is 0 Å². The van der Waals surface area contributed by atoms with E-state index in [2.05, 4.69) is 20.6 Å². The molecular formula is C17H23IN4O2S. The lowest BCUT2D eigenvalue weighted by Crippen LogP contribution is -2.45. The van der Waals surface area contributed by atoms with E-state index >= 15 is 0 Å². The third-order valence-electron chi connectivity index (χ3n) is 3.70. The van der Waals surface area contributed by atoms with Crippen LogP contribution in [-0.2, 0) is 6.54 Å². The number of nitrogens with one attached hydrogen (secondary N) is 2. The van der Waals surface area contributed by atoms with Gasteiger partial charge in [0.1, 0.15) is 12.7 Å². The molecule has 0 spiro atoms. The van der Waals surface area contributed by atoms with E-state index in [1.165, 1.54) is 4.88 Å². The molecule has 6 nitrogen and oxygen atoms in total. The standard InChI is InChI=1S/C17H22N4O2S.HI/c1-11-16(24-12(2)21-11)9-20-17(18-3)19-8-13-10-22-14-6-4-5-7-15(14)23-13;/h4-7,13H,8-10H2,1-3H3,(H2,18,19,20);1H. The normalized spacial score (nSPS) is 16.1. The number of hydrogen-bond donors (Lipinski definition) is 2. The number of benzene rings is 1. The average Bonchev–Trinajstić information content (AvgIpc) is 2.92. The van der Waals surface area contributed by atoms with Gasteiger partial charge < -0.3 is 20.1 Å². The molecule has 0 saturated carbocycles. The first-order valence-electron chi connectivity index (χ1n) is 7.91. The monoisotopic (exact) mass is 474 g/mol. The quantitative estimate of drug-likeness (QED) is 0.406. The Morgan fingerprint density at radius 1 is 1.28 bits per heavy atom. The van der Waals surface area contributed by atoms with Gasteiger partial charge in [0, 0.05) is 11.9 Å². The Hall–Kier alpha value is -1.55. The Labute approximate surface area is 169 Å². The summed E-state index contributed by atoms with van der Waals surface area (Å²) in [6.45, 7) is 5.90. The number of aromatic nitrogens is 1. The summed E-state index contributed by atoms with van der Waals surface area (Å²) in [5.41, 5.74) is 1.07. The van der Waals surface area contributed by atoms with Crippen LogP contribution in [0.25, 0.3) is 0 Å². The van der Waals surface area contributed by atoms with Gasteiger partial charge in [0.05, 0.1) is 23.8 Å². The molecular weight excluding hydrogens is 451 g/mol. The highest BCUT2D eigenvalue weighted by molar-refractivity contribution is 14.0. The summed E-state index contributed by atoms with van der Waals surface area (Å²) in [5, 5.41) is 7.68. The highest BCUT2D eigenvalue weighted by Gasteiger charge is 2.20. The molecule has 2 aromatic rings. The van der Waals surface area contributed by atoms with Crippen LogP contribution in [0, 0.1) is 13.8 Å². The minimum atomic E-state index is -0.0502. The Balaban J connectivity index is 0.00000225. The topological polar surface area (TPSA) is 67.8 Å². The van der Waals surface area contributed by atoms with Crippen molar-refractivity contribution in [3.8, 4) is 11.5 Å². The number of para-hydroxylation sites is 2. The van der Waals surface area contributed by atoms with Gasteiger partial charge in [-0.05, 0) is 26.0 Å². The maximum absolute atomic E-state index is 5.93. The van der Waals surface area contributed by atoms with E-state index in [4.69, 9.17) is 9.47 Å². The van der Waals surface area contributed by atoms with E-state index in [1.807, 2.05) is 38.1 Å². The predicted molar refractivity (Wildman–Crippen MR) is 112 cm³/mol. The van der Waals surface area contributed by atoms with Crippen molar-refractivity contribution in [3.05, 3.63) is 39.8 Å². The maximum Gasteiger partial charge on any atom is 0.191 e. The maximum atomic E-state index is 5.93. The first-order chi connectivity index (χ1) is 11.7. The van der Waals surface area contributed by atoms with E-state index < -0.39 is 0 Å². The summed E-state index contributed by atoms with van der Waals surface area (Å²) < 4.78 is 11.7. The molecule has 0 fully saturated rings. The summed E-state index contributed by atoms with van der Waals surface area (Å²) in [6.07, 6.45) is -0.0502. The molecule has 2 N–H and O–H groups in total. The van der Waals surface area contributed by atoms with Gasteiger partial charge in [-0.3, -0.25) is 4.99 Å². The number of hydrogen-bond acceptors (Lipinski definition) is 5. The van der Waals surface area contributed by atoms with E-state index in [1.54, 1.807) is 18.4 Å². The zero-order valence-electron chi connectivity index (χ0n) is 14.5. The van der Waals surface area contributed by atoms with Crippen LogP contribution in [-0.4, -0.2) is 37.2 Å². The second-order valence-corrected chi connectivity index (χ2v) is 6.83. The Morgan fingerprint density at radius 2 is 2.04 bits per heavy atom. The lowest BCUT2D eigenvalue weighted by molar-refractivity contribution is 0.0936. The van der Waals surface area contributed by atoms with Crippen molar-refractivity contribution >= 4 is 41.3 Å². The van der Waals surface area contributed by atoms with Crippen LogP contribution in [0.2, 0.25) is 0 Å². The van der Waals surface area contributed by atoms with E-state index in [0.717, 1.165) is 28.2 Å². The lowest BCUT2D eigenvalue weighted by Gasteiger charge is -2.27. The Bertz CT molecular complexity index is 735. The second kappa shape index (κ2) is 9.23. The Morgan fingerprint density at radius 3 is 2.72 bits per heavy atom. The number of nitrogens with zero attached hydrogens (tertiary/aromatic N) is 2. The van der Waals surface area contributed by atoms with Crippen molar-refractivity contribution in [1.29, 1.82) is 0 Å². The van der Waals surface area contributed by atoms with Crippen LogP contribution in [0.3, 0.4) is 0 Å². The van der Waals surface area contributed by atoms with Crippen molar-refractivity contribution in [2.24, 2.45) is 4.99 Å². The summed E-state index contributed by atoms with van der Waals surface area (Å²) in [5.74, 6) is 2.32. The van der Waals surface area contributed by atoms with Crippen LogP contribution in [0.5, 0.6) is 11.5 Å². The Kier molecular flexibility index (Phi) is 7.30. The number of ether oxygens (including phenoxy) is 2. The zero-order chi connectivity index (χ0) is 16.9. The van der Waals surface area contributed by atoms with Gasteiger partial charge in [0.2, 0.25) is 0 Å². The first kappa shape index (κ1) is 19.8. The summed E-state index contributed by atoms with van der Waals surface area (Å²) in [6, 6.07) is 7.72. The molecule has 0 aliphatic carbocycles. The predicted octanol–water partition coefficient (Wildman–Crippen LogP) is 2.88. The fourth-order valence-electron chi connectivity index (χ4n) is 2.50. The molecule has 1 unspecified atom stereocenters. The molecule has 25 heavy (non-hydrogen) atoms. The molecule has 3 rings (SSSR count). The van der Waals surface area contributed by atoms with Crippen molar-refractivity contribution in [2.45, 2.75) is 26.5 Å². The van der Waals surface area contributed by atoms with Gasteiger partial charge in [0.25, 0.3) is 0 Å². The van der Waals surface area contributed by atoms with Gasteiger partial charge >= 0.3 is 0 Å². The molecule has 0 radical (unpaired) electrons. The van der Waals surface area contributed by atoms with Crippen LogP contribution in [0.1, 0.15) is 15.6 Å². The van der Waals surface area contributed by atoms with Crippen LogP contribution in [0.15, 0.2) is 29.3 Å². The van der Waals surface area contributed by atoms with Crippen molar-refractivity contribution in [1.82, 2.24) is 15.6 Å².